The van der Waals surface area contributed by atoms with Gasteiger partial charge in [-0.1, -0.05) is 49.7 Å². The Bertz CT molecular complexity index is 1160. The van der Waals surface area contributed by atoms with Gasteiger partial charge in [-0.15, -0.1) is 0 Å². The van der Waals surface area contributed by atoms with Crippen molar-refractivity contribution in [1.29, 1.82) is 0 Å². The lowest BCUT2D eigenvalue weighted by atomic mass is 10.0. The number of rotatable bonds is 9. The van der Waals surface area contributed by atoms with Gasteiger partial charge in [0, 0.05) is 11.3 Å². The predicted molar refractivity (Wildman–Crippen MR) is 127 cm³/mol. The first-order chi connectivity index (χ1) is 15.3. The number of hydrogen-bond acceptors (Lipinski definition) is 4. The average Bonchev–Trinajstić information content (AvgIpc) is 2.77. The fourth-order valence-corrected chi connectivity index (χ4v) is 4.20. The van der Waals surface area contributed by atoms with E-state index in [9.17, 15) is 13.2 Å². The highest BCUT2D eigenvalue weighted by atomic mass is 32.2. The molecule has 3 aromatic carbocycles. The zero-order valence-corrected chi connectivity index (χ0v) is 19.3. The number of ether oxygens (including phenoxy) is 1. The maximum atomic E-state index is 12.5. The van der Waals surface area contributed by atoms with Gasteiger partial charge in [-0.2, -0.15) is 0 Å². The summed E-state index contributed by atoms with van der Waals surface area (Å²) in [6.07, 6.45) is 0. The number of para-hydroxylation sites is 1. The van der Waals surface area contributed by atoms with Crippen LogP contribution in [0.15, 0.2) is 77.7 Å². The van der Waals surface area contributed by atoms with Crippen molar-refractivity contribution in [2.75, 3.05) is 17.9 Å². The summed E-state index contributed by atoms with van der Waals surface area (Å²) in [6, 6.07) is 20.8. The summed E-state index contributed by atoms with van der Waals surface area (Å²) in [7, 11) is -3.68. The van der Waals surface area contributed by atoms with Crippen LogP contribution in [0.25, 0.3) is 0 Å². The molecule has 0 aromatic heterocycles. The van der Waals surface area contributed by atoms with E-state index in [1.807, 2.05) is 31.2 Å². The minimum absolute atomic E-state index is 0.184. The van der Waals surface area contributed by atoms with Gasteiger partial charge in [0.05, 0.1) is 11.4 Å². The number of benzene rings is 3. The molecular weight excluding hydrogens is 424 g/mol. The molecule has 0 saturated heterocycles. The van der Waals surface area contributed by atoms with E-state index in [2.05, 4.69) is 23.9 Å². The van der Waals surface area contributed by atoms with Gasteiger partial charge in [0.1, 0.15) is 12.4 Å². The largest absolute Gasteiger partial charge is 0.491 e. The zero-order chi connectivity index (χ0) is 23.1. The summed E-state index contributed by atoms with van der Waals surface area (Å²) in [6.45, 7) is 6.81. The third-order valence-electron chi connectivity index (χ3n) is 4.92. The van der Waals surface area contributed by atoms with E-state index in [0.717, 1.165) is 16.9 Å². The second-order valence-corrected chi connectivity index (χ2v) is 9.48. The number of anilines is 1. The van der Waals surface area contributed by atoms with E-state index >= 15 is 0 Å². The van der Waals surface area contributed by atoms with Crippen LogP contribution in [-0.2, 0) is 10.0 Å². The number of carbonyl (C=O) groups excluding carboxylic acids is 1. The highest BCUT2D eigenvalue weighted by Gasteiger charge is 2.14. The second kappa shape index (κ2) is 10.3. The molecule has 1 amide bonds. The Hall–Kier alpha value is -3.32. The third kappa shape index (κ3) is 6.11. The fourth-order valence-electron chi connectivity index (χ4n) is 3.14. The Morgan fingerprint density at radius 3 is 2.25 bits per heavy atom. The fraction of sp³-hybridized carbons (Fsp3) is 0.240. The molecule has 0 spiro atoms. The average molecular weight is 453 g/mol. The first-order valence-electron chi connectivity index (χ1n) is 10.5. The summed E-state index contributed by atoms with van der Waals surface area (Å²) in [5.41, 5.74) is 2.93. The molecule has 2 N–H and O–H groups in total. The lowest BCUT2D eigenvalue weighted by molar-refractivity contribution is 0.0947. The highest BCUT2D eigenvalue weighted by Crippen LogP contribution is 2.25. The van der Waals surface area contributed by atoms with Crippen molar-refractivity contribution in [2.45, 2.75) is 31.6 Å². The number of hydrogen-bond donors (Lipinski definition) is 2. The summed E-state index contributed by atoms with van der Waals surface area (Å²) in [5, 5.41) is 2.81. The summed E-state index contributed by atoms with van der Waals surface area (Å²) in [5.74, 6) is 0.920. The molecule has 0 aliphatic heterocycles. The molecule has 0 saturated carbocycles. The standard InChI is InChI=1S/C25H28N2O4S/c1-18(2)23-6-4-5-7-24(23)31-17-16-26-25(28)20-10-12-21(13-11-20)27-32(29,30)22-14-8-19(3)9-15-22/h4-15,18,27H,16-17H2,1-3H3,(H,26,28). The molecule has 0 aliphatic carbocycles. The zero-order valence-electron chi connectivity index (χ0n) is 18.5. The maximum Gasteiger partial charge on any atom is 0.261 e. The van der Waals surface area contributed by atoms with Gasteiger partial charge in [0.15, 0.2) is 0 Å². The molecule has 3 aromatic rings. The smallest absolute Gasteiger partial charge is 0.261 e. The van der Waals surface area contributed by atoms with Gasteiger partial charge in [-0.25, -0.2) is 8.42 Å². The first-order valence-corrected chi connectivity index (χ1v) is 11.9. The minimum atomic E-state index is -3.68. The Balaban J connectivity index is 1.52. The van der Waals surface area contributed by atoms with Crippen LogP contribution in [0.2, 0.25) is 0 Å². The number of carbonyl (C=O) groups is 1. The van der Waals surface area contributed by atoms with Crippen molar-refractivity contribution in [3.63, 3.8) is 0 Å². The molecule has 0 bridgehead atoms. The van der Waals surface area contributed by atoms with Crippen LogP contribution >= 0.6 is 0 Å². The topological polar surface area (TPSA) is 84.5 Å². The van der Waals surface area contributed by atoms with Crippen molar-refractivity contribution in [3.8, 4) is 5.75 Å². The van der Waals surface area contributed by atoms with Crippen LogP contribution < -0.4 is 14.8 Å². The molecule has 0 unspecified atom stereocenters. The predicted octanol–water partition coefficient (Wildman–Crippen LogP) is 4.73. The van der Waals surface area contributed by atoms with Crippen LogP contribution in [0.4, 0.5) is 5.69 Å². The van der Waals surface area contributed by atoms with E-state index in [0.29, 0.717) is 30.3 Å². The SMILES string of the molecule is Cc1ccc(S(=O)(=O)Nc2ccc(C(=O)NCCOc3ccccc3C(C)C)cc2)cc1. The molecule has 32 heavy (non-hydrogen) atoms. The molecule has 6 nitrogen and oxygen atoms in total. The van der Waals surface area contributed by atoms with Gasteiger partial charge in [0.2, 0.25) is 0 Å². The lowest BCUT2D eigenvalue weighted by Crippen LogP contribution is -2.28. The van der Waals surface area contributed by atoms with Gasteiger partial charge < -0.3 is 10.1 Å². The van der Waals surface area contributed by atoms with E-state index in [1.54, 1.807) is 48.5 Å². The van der Waals surface area contributed by atoms with E-state index in [1.165, 1.54) is 0 Å². The number of amides is 1. The second-order valence-electron chi connectivity index (χ2n) is 7.79. The van der Waals surface area contributed by atoms with Gasteiger partial charge >= 0.3 is 0 Å². The van der Waals surface area contributed by atoms with E-state index in [-0.39, 0.29) is 10.8 Å². The van der Waals surface area contributed by atoms with Crippen molar-refractivity contribution in [1.82, 2.24) is 5.32 Å². The highest BCUT2D eigenvalue weighted by molar-refractivity contribution is 7.92. The number of aryl methyl sites for hydroxylation is 1. The summed E-state index contributed by atoms with van der Waals surface area (Å²) in [4.78, 5) is 12.6. The maximum absolute atomic E-state index is 12.5. The molecule has 0 fully saturated rings. The van der Waals surface area contributed by atoms with Crippen LogP contribution in [0, 0.1) is 6.92 Å². The van der Waals surface area contributed by atoms with Crippen LogP contribution in [-0.4, -0.2) is 27.5 Å². The minimum Gasteiger partial charge on any atom is -0.491 e. The molecule has 0 radical (unpaired) electrons. The van der Waals surface area contributed by atoms with Crippen LogP contribution in [0.5, 0.6) is 5.75 Å². The van der Waals surface area contributed by atoms with Crippen molar-refractivity contribution in [3.05, 3.63) is 89.5 Å². The Kier molecular flexibility index (Phi) is 7.53. The van der Waals surface area contributed by atoms with E-state index in [4.69, 9.17) is 4.74 Å². The Morgan fingerprint density at radius 1 is 0.938 bits per heavy atom. The van der Waals surface area contributed by atoms with Crippen LogP contribution in [0.3, 0.4) is 0 Å². The van der Waals surface area contributed by atoms with Crippen LogP contribution in [0.1, 0.15) is 41.3 Å². The molecule has 3 rings (SSSR count). The molecular formula is C25H28N2O4S. The number of sulfonamides is 1. The normalized spacial score (nSPS) is 11.2. The van der Waals surface area contributed by atoms with Crippen molar-refractivity contribution >= 4 is 21.6 Å². The summed E-state index contributed by atoms with van der Waals surface area (Å²) < 4.78 is 33.3. The lowest BCUT2D eigenvalue weighted by Gasteiger charge is -2.14. The molecule has 0 aliphatic rings. The third-order valence-corrected chi connectivity index (χ3v) is 6.31. The number of nitrogens with one attached hydrogen (secondary N) is 2. The summed E-state index contributed by atoms with van der Waals surface area (Å²) >= 11 is 0. The quantitative estimate of drug-likeness (QED) is 0.460. The van der Waals surface area contributed by atoms with Gasteiger partial charge in [-0.05, 0) is 60.9 Å². The molecule has 0 atom stereocenters. The Labute approximate surface area is 189 Å². The van der Waals surface area contributed by atoms with Gasteiger partial charge in [0.25, 0.3) is 15.9 Å². The molecule has 168 valence electrons. The molecule has 0 heterocycles. The first kappa shape index (κ1) is 23.3. The van der Waals surface area contributed by atoms with E-state index < -0.39 is 10.0 Å². The van der Waals surface area contributed by atoms with Gasteiger partial charge in [-0.3, -0.25) is 9.52 Å². The van der Waals surface area contributed by atoms with Crippen molar-refractivity contribution in [2.24, 2.45) is 0 Å². The molecule has 7 heteroatoms. The van der Waals surface area contributed by atoms with Crippen molar-refractivity contribution < 1.29 is 17.9 Å². The Morgan fingerprint density at radius 2 is 1.59 bits per heavy atom. The monoisotopic (exact) mass is 452 g/mol.